The molecular formula is C11H13NO2. The minimum Gasteiger partial charge on any atom is -0.396 e. The van der Waals surface area contributed by atoms with Crippen LogP contribution in [0.1, 0.15) is 6.42 Å². The Bertz CT molecular complexity index is 319. The van der Waals surface area contributed by atoms with Crippen molar-refractivity contribution in [3.05, 3.63) is 42.5 Å². The van der Waals surface area contributed by atoms with Crippen molar-refractivity contribution in [2.24, 2.45) is 0 Å². The van der Waals surface area contributed by atoms with Crippen LogP contribution < -0.4 is 5.32 Å². The molecule has 2 N–H and O–H groups in total. The van der Waals surface area contributed by atoms with Crippen molar-refractivity contribution in [3.63, 3.8) is 0 Å². The molecule has 0 radical (unpaired) electrons. The Labute approximate surface area is 83.1 Å². The molecule has 0 bridgehead atoms. The summed E-state index contributed by atoms with van der Waals surface area (Å²) in [6.45, 7) is 3.51. The van der Waals surface area contributed by atoms with Gasteiger partial charge in [-0.25, -0.2) is 0 Å². The lowest BCUT2D eigenvalue weighted by atomic mass is 10.2. The lowest BCUT2D eigenvalue weighted by molar-refractivity contribution is -0.113. The summed E-state index contributed by atoms with van der Waals surface area (Å²) in [5, 5.41) is 11.3. The molecule has 0 aromatic heterocycles. The maximum Gasteiger partial charge on any atom is 0.251 e. The van der Waals surface area contributed by atoms with Gasteiger partial charge in [0.15, 0.2) is 0 Å². The highest BCUT2D eigenvalue weighted by Crippen LogP contribution is 2.07. The van der Waals surface area contributed by atoms with Gasteiger partial charge < -0.3 is 10.4 Å². The highest BCUT2D eigenvalue weighted by molar-refractivity contribution is 6.03. The molecule has 1 aromatic carbocycles. The monoisotopic (exact) mass is 191 g/mol. The number of aliphatic hydroxyl groups is 1. The molecule has 3 heteroatoms. The number of para-hydroxylation sites is 1. The smallest absolute Gasteiger partial charge is 0.251 e. The van der Waals surface area contributed by atoms with Gasteiger partial charge in [-0.2, -0.15) is 0 Å². The quantitative estimate of drug-likeness (QED) is 0.709. The Hall–Kier alpha value is -1.61. The predicted molar refractivity (Wildman–Crippen MR) is 55.9 cm³/mol. The average Bonchev–Trinajstić information content (AvgIpc) is 2.19. The number of nitrogens with one attached hydrogen (secondary N) is 1. The Morgan fingerprint density at radius 2 is 2.00 bits per heavy atom. The van der Waals surface area contributed by atoms with Crippen LogP contribution in [0.25, 0.3) is 0 Å². The Morgan fingerprint density at radius 1 is 1.36 bits per heavy atom. The molecule has 1 aromatic rings. The summed E-state index contributed by atoms with van der Waals surface area (Å²) < 4.78 is 0. The molecule has 0 spiro atoms. The molecule has 0 aliphatic rings. The third-order valence-electron chi connectivity index (χ3n) is 1.77. The average molecular weight is 191 g/mol. The Balaban J connectivity index is 2.53. The second-order valence-electron chi connectivity index (χ2n) is 2.90. The van der Waals surface area contributed by atoms with Crippen LogP contribution in [0, 0.1) is 0 Å². The number of amides is 1. The van der Waals surface area contributed by atoms with Crippen molar-refractivity contribution in [1.29, 1.82) is 0 Å². The minimum atomic E-state index is -0.245. The zero-order valence-electron chi connectivity index (χ0n) is 7.86. The molecule has 0 atom stereocenters. The van der Waals surface area contributed by atoms with Gasteiger partial charge in [0.1, 0.15) is 0 Å². The van der Waals surface area contributed by atoms with Crippen LogP contribution in [0.4, 0.5) is 5.69 Å². The molecule has 74 valence electrons. The summed E-state index contributed by atoms with van der Waals surface area (Å²) >= 11 is 0. The van der Waals surface area contributed by atoms with Crippen molar-refractivity contribution in [2.75, 3.05) is 11.9 Å². The van der Waals surface area contributed by atoms with E-state index >= 15 is 0 Å². The number of carbonyl (C=O) groups excluding carboxylic acids is 1. The zero-order valence-corrected chi connectivity index (χ0v) is 7.86. The van der Waals surface area contributed by atoms with Gasteiger partial charge in [-0.1, -0.05) is 24.8 Å². The van der Waals surface area contributed by atoms with E-state index < -0.39 is 0 Å². The highest BCUT2D eigenvalue weighted by atomic mass is 16.3. The number of rotatable bonds is 4. The molecule has 3 nitrogen and oxygen atoms in total. The fraction of sp³-hybridized carbons (Fsp3) is 0.182. The lowest BCUT2D eigenvalue weighted by Crippen LogP contribution is -2.14. The number of hydrogen-bond donors (Lipinski definition) is 2. The summed E-state index contributed by atoms with van der Waals surface area (Å²) in [7, 11) is 0. The highest BCUT2D eigenvalue weighted by Gasteiger charge is 2.05. The van der Waals surface area contributed by atoms with Gasteiger partial charge >= 0.3 is 0 Å². The maximum atomic E-state index is 11.4. The minimum absolute atomic E-state index is 0.0545. The molecule has 14 heavy (non-hydrogen) atoms. The third-order valence-corrected chi connectivity index (χ3v) is 1.77. The van der Waals surface area contributed by atoms with Crippen molar-refractivity contribution in [1.82, 2.24) is 0 Å². The Kier molecular flexibility index (Phi) is 3.88. The predicted octanol–water partition coefficient (Wildman–Crippen LogP) is 1.56. The molecule has 0 aliphatic carbocycles. The summed E-state index contributed by atoms with van der Waals surface area (Å²) in [6, 6.07) is 9.14. The van der Waals surface area contributed by atoms with Gasteiger partial charge in [0.25, 0.3) is 5.91 Å². The first kappa shape index (κ1) is 10.5. The lowest BCUT2D eigenvalue weighted by Gasteiger charge is -2.05. The van der Waals surface area contributed by atoms with Crippen LogP contribution in [0.2, 0.25) is 0 Å². The number of carbonyl (C=O) groups is 1. The number of hydrogen-bond acceptors (Lipinski definition) is 2. The number of aliphatic hydroxyl groups excluding tert-OH is 1. The first-order valence-electron chi connectivity index (χ1n) is 4.39. The second kappa shape index (κ2) is 5.19. The molecule has 0 saturated heterocycles. The summed E-state index contributed by atoms with van der Waals surface area (Å²) in [5.74, 6) is -0.245. The Morgan fingerprint density at radius 3 is 2.57 bits per heavy atom. The maximum absolute atomic E-state index is 11.4. The van der Waals surface area contributed by atoms with Crippen molar-refractivity contribution < 1.29 is 9.90 Å². The van der Waals surface area contributed by atoms with Gasteiger partial charge in [-0.15, -0.1) is 0 Å². The topological polar surface area (TPSA) is 49.3 Å². The van der Waals surface area contributed by atoms with E-state index in [4.69, 9.17) is 5.11 Å². The first-order chi connectivity index (χ1) is 6.74. The van der Waals surface area contributed by atoms with Crippen LogP contribution in [-0.4, -0.2) is 17.6 Å². The van der Waals surface area contributed by atoms with E-state index in [1.807, 2.05) is 18.2 Å². The molecule has 0 fully saturated rings. The molecule has 0 aliphatic heterocycles. The molecule has 0 unspecified atom stereocenters. The van der Waals surface area contributed by atoms with Crippen molar-refractivity contribution >= 4 is 11.6 Å². The van der Waals surface area contributed by atoms with Crippen LogP contribution in [-0.2, 0) is 4.79 Å². The molecule has 1 rings (SSSR count). The van der Waals surface area contributed by atoms with Crippen LogP contribution in [0.3, 0.4) is 0 Å². The van der Waals surface area contributed by atoms with E-state index in [1.54, 1.807) is 12.1 Å². The van der Waals surface area contributed by atoms with Crippen LogP contribution >= 0.6 is 0 Å². The van der Waals surface area contributed by atoms with Gasteiger partial charge in [0.05, 0.1) is 0 Å². The van der Waals surface area contributed by atoms with Gasteiger partial charge in [-0.3, -0.25) is 4.79 Å². The summed E-state index contributed by atoms with van der Waals surface area (Å²) in [6.07, 6.45) is 0.304. The van der Waals surface area contributed by atoms with Gasteiger partial charge in [0.2, 0.25) is 0 Å². The van der Waals surface area contributed by atoms with Gasteiger partial charge in [-0.05, 0) is 12.1 Å². The van der Waals surface area contributed by atoms with E-state index in [1.165, 1.54) is 0 Å². The van der Waals surface area contributed by atoms with E-state index in [2.05, 4.69) is 11.9 Å². The van der Waals surface area contributed by atoms with E-state index in [-0.39, 0.29) is 12.5 Å². The fourth-order valence-electron chi connectivity index (χ4n) is 0.989. The molecular weight excluding hydrogens is 178 g/mol. The number of benzene rings is 1. The van der Waals surface area contributed by atoms with Crippen LogP contribution in [0.5, 0.6) is 0 Å². The van der Waals surface area contributed by atoms with E-state index in [9.17, 15) is 4.79 Å². The molecule has 0 heterocycles. The fourth-order valence-corrected chi connectivity index (χ4v) is 0.989. The zero-order chi connectivity index (χ0) is 10.4. The van der Waals surface area contributed by atoms with E-state index in [0.717, 1.165) is 5.69 Å². The van der Waals surface area contributed by atoms with E-state index in [0.29, 0.717) is 12.0 Å². The standard InChI is InChI=1S/C11H13NO2/c1-9(7-8-13)11(14)12-10-5-3-2-4-6-10/h2-6,13H,1,7-8H2,(H,12,14). The molecule has 1 amide bonds. The summed E-state index contributed by atoms with van der Waals surface area (Å²) in [5.41, 5.74) is 1.12. The third kappa shape index (κ3) is 3.03. The van der Waals surface area contributed by atoms with Crippen LogP contribution in [0.15, 0.2) is 42.5 Å². The number of anilines is 1. The largest absolute Gasteiger partial charge is 0.396 e. The normalized spacial score (nSPS) is 9.50. The van der Waals surface area contributed by atoms with Crippen molar-refractivity contribution in [2.45, 2.75) is 6.42 Å². The van der Waals surface area contributed by atoms with Gasteiger partial charge in [0, 0.05) is 24.3 Å². The summed E-state index contributed by atoms with van der Waals surface area (Å²) in [4.78, 5) is 11.4. The first-order valence-corrected chi connectivity index (χ1v) is 4.39. The molecule has 0 saturated carbocycles. The van der Waals surface area contributed by atoms with Crippen molar-refractivity contribution in [3.8, 4) is 0 Å². The second-order valence-corrected chi connectivity index (χ2v) is 2.90. The SMILES string of the molecule is C=C(CCO)C(=O)Nc1ccccc1.